The summed E-state index contributed by atoms with van der Waals surface area (Å²) in [7, 11) is 1.43. The van der Waals surface area contributed by atoms with Crippen molar-refractivity contribution in [2.45, 2.75) is 0 Å². The number of halogens is 2. The van der Waals surface area contributed by atoms with E-state index in [2.05, 4.69) is 15.8 Å². The Bertz CT molecular complexity index is 1230. The third-order valence-electron chi connectivity index (χ3n) is 4.40. The molecule has 2 amide bonds. The molecule has 3 aromatic rings. The van der Waals surface area contributed by atoms with Gasteiger partial charge in [-0.25, -0.2) is 10.2 Å². The number of nitrogens with one attached hydrogen (secondary N) is 2. The van der Waals surface area contributed by atoms with Crippen LogP contribution in [0.3, 0.4) is 0 Å². The van der Waals surface area contributed by atoms with Crippen LogP contribution in [0.5, 0.6) is 11.5 Å². The van der Waals surface area contributed by atoms with Gasteiger partial charge in [-0.3, -0.25) is 9.59 Å². The molecule has 0 fully saturated rings. The predicted octanol–water partition coefficient (Wildman–Crippen LogP) is 4.10. The molecule has 0 saturated heterocycles. The molecule has 8 nitrogen and oxygen atoms in total. The molecule has 10 heteroatoms. The summed E-state index contributed by atoms with van der Waals surface area (Å²) >= 11 is 11.8. The topological polar surface area (TPSA) is 106 Å². The minimum atomic E-state index is -0.567. The molecule has 0 heterocycles. The summed E-state index contributed by atoms with van der Waals surface area (Å²) < 4.78 is 10.7. The van der Waals surface area contributed by atoms with E-state index in [4.69, 9.17) is 32.7 Å². The molecule has 3 rings (SSSR count). The molecule has 2 N–H and O–H groups in total. The maximum Gasteiger partial charge on any atom is 0.343 e. The van der Waals surface area contributed by atoms with Crippen molar-refractivity contribution in [3.05, 3.63) is 93.5 Å². The molecular formula is C24H19Cl2N3O5. The molecule has 3 aromatic carbocycles. The monoisotopic (exact) mass is 499 g/mol. The van der Waals surface area contributed by atoms with Gasteiger partial charge >= 0.3 is 5.97 Å². The largest absolute Gasteiger partial charge is 0.493 e. The second-order valence-corrected chi connectivity index (χ2v) is 7.61. The molecule has 174 valence electrons. The number of benzene rings is 3. The fourth-order valence-corrected chi connectivity index (χ4v) is 3.06. The van der Waals surface area contributed by atoms with Crippen LogP contribution in [0.4, 0.5) is 0 Å². The lowest BCUT2D eigenvalue weighted by atomic mass is 10.2. The zero-order valence-electron chi connectivity index (χ0n) is 17.9. The summed E-state index contributed by atoms with van der Waals surface area (Å²) in [6, 6.07) is 17.5. The van der Waals surface area contributed by atoms with Crippen LogP contribution in [-0.4, -0.2) is 37.7 Å². The summed E-state index contributed by atoms with van der Waals surface area (Å²) in [6.07, 6.45) is 1.38. The van der Waals surface area contributed by atoms with E-state index in [1.165, 1.54) is 13.3 Å². The summed E-state index contributed by atoms with van der Waals surface area (Å²) in [5.41, 5.74) is 3.48. The molecule has 0 aliphatic rings. The fourth-order valence-electron chi connectivity index (χ4n) is 2.71. The van der Waals surface area contributed by atoms with E-state index in [1.54, 1.807) is 66.7 Å². The molecule has 34 heavy (non-hydrogen) atoms. The number of hydrogen-bond donors (Lipinski definition) is 2. The normalized spacial score (nSPS) is 10.6. The zero-order valence-corrected chi connectivity index (χ0v) is 19.4. The van der Waals surface area contributed by atoms with Crippen LogP contribution in [0.2, 0.25) is 10.0 Å². The minimum Gasteiger partial charge on any atom is -0.493 e. The third-order valence-corrected chi connectivity index (χ3v) is 4.98. The first kappa shape index (κ1) is 24.8. The van der Waals surface area contributed by atoms with Crippen LogP contribution in [-0.2, 0) is 4.79 Å². The van der Waals surface area contributed by atoms with Gasteiger partial charge in [-0.1, -0.05) is 35.3 Å². The highest BCUT2D eigenvalue weighted by Gasteiger charge is 2.13. The van der Waals surface area contributed by atoms with E-state index in [9.17, 15) is 14.4 Å². The highest BCUT2D eigenvalue weighted by atomic mass is 35.5. The van der Waals surface area contributed by atoms with Gasteiger partial charge in [-0.2, -0.15) is 5.10 Å². The summed E-state index contributed by atoms with van der Waals surface area (Å²) in [4.78, 5) is 36.3. The van der Waals surface area contributed by atoms with Crippen LogP contribution in [0, 0.1) is 0 Å². The van der Waals surface area contributed by atoms with Crippen molar-refractivity contribution in [3.8, 4) is 11.5 Å². The Kier molecular flexibility index (Phi) is 8.61. The van der Waals surface area contributed by atoms with Gasteiger partial charge in [0.05, 0.1) is 36.0 Å². The van der Waals surface area contributed by atoms with Crippen LogP contribution >= 0.6 is 23.2 Å². The smallest absolute Gasteiger partial charge is 0.343 e. The summed E-state index contributed by atoms with van der Waals surface area (Å²) in [6.45, 7) is -0.287. The van der Waals surface area contributed by atoms with E-state index >= 15 is 0 Å². The highest BCUT2D eigenvalue weighted by Crippen LogP contribution is 2.28. The Balaban J connectivity index is 1.54. The third kappa shape index (κ3) is 6.81. The fraction of sp³-hybridized carbons (Fsp3) is 0.0833. The molecular weight excluding hydrogens is 481 g/mol. The average Bonchev–Trinajstić information content (AvgIpc) is 2.84. The van der Waals surface area contributed by atoms with Gasteiger partial charge in [-0.15, -0.1) is 0 Å². The van der Waals surface area contributed by atoms with Gasteiger partial charge < -0.3 is 14.8 Å². The number of amides is 2. The Hall–Kier alpha value is -3.88. The van der Waals surface area contributed by atoms with E-state index in [1.807, 2.05) is 0 Å². The van der Waals surface area contributed by atoms with Gasteiger partial charge in [0.1, 0.15) is 0 Å². The lowest BCUT2D eigenvalue weighted by Gasteiger charge is -2.10. The van der Waals surface area contributed by atoms with E-state index in [0.29, 0.717) is 21.9 Å². The van der Waals surface area contributed by atoms with Gasteiger partial charge in [-0.05, 0) is 60.2 Å². The van der Waals surface area contributed by atoms with Gasteiger partial charge in [0, 0.05) is 5.02 Å². The Labute approximate surface area is 205 Å². The van der Waals surface area contributed by atoms with Crippen molar-refractivity contribution >= 4 is 47.2 Å². The van der Waals surface area contributed by atoms with Gasteiger partial charge in [0.25, 0.3) is 11.8 Å². The quantitative estimate of drug-likeness (QED) is 0.210. The second kappa shape index (κ2) is 11.8. The number of carbonyl (C=O) groups is 3. The maximum absolute atomic E-state index is 12.3. The summed E-state index contributed by atoms with van der Waals surface area (Å²) in [5, 5.41) is 7.11. The first-order chi connectivity index (χ1) is 16.4. The molecule has 0 saturated carbocycles. The van der Waals surface area contributed by atoms with E-state index < -0.39 is 17.8 Å². The molecule has 0 unspecified atom stereocenters. The SMILES string of the molecule is COc1cc(/C=N/NC(=O)CNC(=O)c2ccccc2Cl)ccc1OC(=O)c1ccc(Cl)cc1. The molecule has 0 aliphatic carbocycles. The Morgan fingerprint density at radius 3 is 2.41 bits per heavy atom. The van der Waals surface area contributed by atoms with Crippen LogP contribution < -0.4 is 20.2 Å². The first-order valence-electron chi connectivity index (χ1n) is 9.88. The van der Waals surface area contributed by atoms with Crippen molar-refractivity contribution in [1.29, 1.82) is 0 Å². The molecule has 0 bridgehead atoms. The van der Waals surface area contributed by atoms with E-state index in [-0.39, 0.29) is 22.9 Å². The van der Waals surface area contributed by atoms with E-state index in [0.717, 1.165) is 0 Å². The number of nitrogens with zero attached hydrogens (tertiary/aromatic N) is 1. The number of ether oxygens (including phenoxy) is 2. The average molecular weight is 500 g/mol. The van der Waals surface area contributed by atoms with Crippen LogP contribution in [0.1, 0.15) is 26.3 Å². The van der Waals surface area contributed by atoms with Crippen LogP contribution in [0.25, 0.3) is 0 Å². The Morgan fingerprint density at radius 2 is 1.71 bits per heavy atom. The standard InChI is InChI=1S/C24H19Cl2N3O5/c1-33-21-12-15(6-11-20(21)34-24(32)16-7-9-17(25)10-8-16)13-28-29-22(30)14-27-23(31)18-4-2-3-5-19(18)26/h2-13H,14H2,1H3,(H,27,31)(H,29,30)/b28-13+. The van der Waals surface area contributed by atoms with Crippen molar-refractivity contribution in [1.82, 2.24) is 10.7 Å². The van der Waals surface area contributed by atoms with Crippen molar-refractivity contribution in [3.63, 3.8) is 0 Å². The number of methoxy groups -OCH3 is 1. The minimum absolute atomic E-state index is 0.214. The first-order valence-corrected chi connectivity index (χ1v) is 10.6. The molecule has 0 atom stereocenters. The van der Waals surface area contributed by atoms with Gasteiger partial charge in [0.15, 0.2) is 11.5 Å². The summed E-state index contributed by atoms with van der Waals surface area (Å²) in [5.74, 6) is -1.06. The van der Waals surface area contributed by atoms with Crippen molar-refractivity contribution in [2.24, 2.45) is 5.10 Å². The zero-order chi connectivity index (χ0) is 24.5. The van der Waals surface area contributed by atoms with Gasteiger partial charge in [0.2, 0.25) is 0 Å². The molecule has 0 spiro atoms. The maximum atomic E-state index is 12.3. The number of hydrazone groups is 1. The van der Waals surface area contributed by atoms with Crippen molar-refractivity contribution in [2.75, 3.05) is 13.7 Å². The lowest BCUT2D eigenvalue weighted by molar-refractivity contribution is -0.120. The number of rotatable bonds is 8. The molecule has 0 radical (unpaired) electrons. The number of esters is 1. The number of hydrogen-bond acceptors (Lipinski definition) is 6. The Morgan fingerprint density at radius 1 is 0.971 bits per heavy atom. The van der Waals surface area contributed by atoms with Crippen LogP contribution in [0.15, 0.2) is 71.8 Å². The predicted molar refractivity (Wildman–Crippen MR) is 129 cm³/mol. The van der Waals surface area contributed by atoms with Crippen molar-refractivity contribution < 1.29 is 23.9 Å². The number of carbonyl (C=O) groups excluding carboxylic acids is 3. The molecule has 0 aromatic heterocycles. The lowest BCUT2D eigenvalue weighted by Crippen LogP contribution is -2.35. The highest BCUT2D eigenvalue weighted by molar-refractivity contribution is 6.33. The second-order valence-electron chi connectivity index (χ2n) is 6.76. The molecule has 0 aliphatic heterocycles.